The predicted molar refractivity (Wildman–Crippen MR) is 91.4 cm³/mol. The van der Waals surface area contributed by atoms with Gasteiger partial charge in [-0.2, -0.15) is 0 Å². The summed E-state index contributed by atoms with van der Waals surface area (Å²) in [7, 11) is 0. The monoisotopic (exact) mass is 301 g/mol. The van der Waals surface area contributed by atoms with Gasteiger partial charge in [-0.3, -0.25) is 0 Å². The van der Waals surface area contributed by atoms with Gasteiger partial charge in [0.1, 0.15) is 11.6 Å². The number of halogens is 1. The first kappa shape index (κ1) is 17.8. The molecule has 1 heterocycles. The van der Waals surface area contributed by atoms with Gasteiger partial charge in [-0.15, -0.1) is 10.2 Å². The van der Waals surface area contributed by atoms with E-state index in [1.807, 2.05) is 38.1 Å². The Morgan fingerprint density at radius 2 is 1.73 bits per heavy atom. The lowest BCUT2D eigenvalue weighted by molar-refractivity contribution is 0.552. The second kappa shape index (κ2) is 8.27. The SMILES string of the molecule is C=Cc1ccc(NCC(C)(C)c2ccc(F)cc2)nn1.CC. The van der Waals surface area contributed by atoms with Crippen molar-refractivity contribution >= 4 is 11.9 Å². The Morgan fingerprint density at radius 3 is 2.23 bits per heavy atom. The van der Waals surface area contributed by atoms with Crippen LogP contribution in [0.3, 0.4) is 0 Å². The van der Waals surface area contributed by atoms with E-state index < -0.39 is 0 Å². The number of hydrogen-bond donors (Lipinski definition) is 1. The Hall–Kier alpha value is -2.23. The highest BCUT2D eigenvalue weighted by atomic mass is 19.1. The van der Waals surface area contributed by atoms with Crippen LogP contribution in [0.2, 0.25) is 0 Å². The van der Waals surface area contributed by atoms with E-state index in [1.54, 1.807) is 6.08 Å². The van der Waals surface area contributed by atoms with E-state index in [4.69, 9.17) is 0 Å². The minimum absolute atomic E-state index is 0.132. The maximum absolute atomic E-state index is 13.0. The average molecular weight is 301 g/mol. The molecule has 0 spiro atoms. The summed E-state index contributed by atoms with van der Waals surface area (Å²) in [6.07, 6.45) is 1.65. The predicted octanol–water partition coefficient (Wildman–Crippen LogP) is 4.67. The molecular weight excluding hydrogens is 277 g/mol. The summed E-state index contributed by atoms with van der Waals surface area (Å²) in [4.78, 5) is 0. The van der Waals surface area contributed by atoms with E-state index in [9.17, 15) is 4.39 Å². The van der Waals surface area contributed by atoms with Gasteiger partial charge in [0.25, 0.3) is 0 Å². The van der Waals surface area contributed by atoms with E-state index in [0.29, 0.717) is 12.4 Å². The number of rotatable bonds is 5. The molecule has 0 unspecified atom stereocenters. The lowest BCUT2D eigenvalue weighted by atomic mass is 9.84. The second-order valence-corrected chi connectivity index (χ2v) is 5.29. The third-order valence-corrected chi connectivity index (χ3v) is 3.23. The first-order valence-electron chi connectivity index (χ1n) is 7.47. The lowest BCUT2D eigenvalue weighted by Gasteiger charge is -2.25. The molecule has 2 aromatic rings. The minimum Gasteiger partial charge on any atom is -0.368 e. The molecule has 4 heteroatoms. The third-order valence-electron chi connectivity index (χ3n) is 3.23. The molecule has 0 saturated carbocycles. The molecule has 0 amide bonds. The van der Waals surface area contributed by atoms with Crippen molar-refractivity contribution in [2.24, 2.45) is 0 Å². The van der Waals surface area contributed by atoms with Crippen LogP contribution in [0.5, 0.6) is 0 Å². The fourth-order valence-electron chi connectivity index (χ4n) is 1.86. The molecule has 0 aliphatic heterocycles. The zero-order chi connectivity index (χ0) is 16.6. The molecule has 1 aromatic carbocycles. The molecule has 0 aliphatic carbocycles. The molecule has 3 nitrogen and oxygen atoms in total. The van der Waals surface area contributed by atoms with Gasteiger partial charge in [0.2, 0.25) is 0 Å². The van der Waals surface area contributed by atoms with Crippen molar-refractivity contribution in [3.8, 4) is 0 Å². The van der Waals surface area contributed by atoms with Crippen molar-refractivity contribution in [1.29, 1.82) is 0 Å². The number of aromatic nitrogens is 2. The van der Waals surface area contributed by atoms with Gasteiger partial charge in [-0.05, 0) is 35.9 Å². The molecule has 2 rings (SSSR count). The Labute approximate surface area is 132 Å². The number of nitrogens with one attached hydrogen (secondary N) is 1. The molecular formula is C18H24FN3. The van der Waals surface area contributed by atoms with Crippen LogP contribution in [0, 0.1) is 5.82 Å². The van der Waals surface area contributed by atoms with Gasteiger partial charge in [0.05, 0.1) is 5.69 Å². The smallest absolute Gasteiger partial charge is 0.148 e. The highest BCUT2D eigenvalue weighted by Crippen LogP contribution is 2.23. The fraction of sp³-hybridized carbons (Fsp3) is 0.333. The van der Waals surface area contributed by atoms with Gasteiger partial charge in [0, 0.05) is 12.0 Å². The van der Waals surface area contributed by atoms with Crippen molar-refractivity contribution in [2.45, 2.75) is 33.1 Å². The molecule has 0 fully saturated rings. The molecule has 1 aromatic heterocycles. The highest BCUT2D eigenvalue weighted by Gasteiger charge is 2.20. The molecule has 118 valence electrons. The van der Waals surface area contributed by atoms with E-state index in [2.05, 4.69) is 35.9 Å². The molecule has 0 radical (unpaired) electrons. The first-order valence-corrected chi connectivity index (χ1v) is 7.47. The van der Waals surface area contributed by atoms with E-state index in [0.717, 1.165) is 11.3 Å². The zero-order valence-corrected chi connectivity index (χ0v) is 13.7. The highest BCUT2D eigenvalue weighted by molar-refractivity contribution is 5.44. The minimum atomic E-state index is -0.219. The molecule has 22 heavy (non-hydrogen) atoms. The normalized spacial score (nSPS) is 10.4. The van der Waals surface area contributed by atoms with Crippen LogP contribution in [0.25, 0.3) is 6.08 Å². The molecule has 0 bridgehead atoms. The summed E-state index contributed by atoms with van der Waals surface area (Å²) in [5, 5.41) is 11.3. The van der Waals surface area contributed by atoms with E-state index >= 15 is 0 Å². The van der Waals surface area contributed by atoms with E-state index in [1.165, 1.54) is 12.1 Å². The van der Waals surface area contributed by atoms with Gasteiger partial charge in [-0.25, -0.2) is 4.39 Å². The summed E-state index contributed by atoms with van der Waals surface area (Å²) in [5.74, 6) is 0.495. The van der Waals surface area contributed by atoms with Gasteiger partial charge in [-0.1, -0.05) is 46.4 Å². The van der Waals surface area contributed by atoms with Crippen LogP contribution in [0.1, 0.15) is 39.0 Å². The number of anilines is 1. The third kappa shape index (κ3) is 4.95. The average Bonchev–Trinajstić information content (AvgIpc) is 2.56. The van der Waals surface area contributed by atoms with Gasteiger partial charge < -0.3 is 5.32 Å². The zero-order valence-electron chi connectivity index (χ0n) is 13.7. The summed E-state index contributed by atoms with van der Waals surface area (Å²) in [6.45, 7) is 12.5. The maximum Gasteiger partial charge on any atom is 0.148 e. The van der Waals surface area contributed by atoms with Crippen LogP contribution in [0.15, 0.2) is 43.0 Å². The summed E-state index contributed by atoms with van der Waals surface area (Å²) >= 11 is 0. The molecule has 1 N–H and O–H groups in total. The topological polar surface area (TPSA) is 37.8 Å². The van der Waals surface area contributed by atoms with Crippen LogP contribution in [-0.2, 0) is 5.41 Å². The standard InChI is InChI=1S/C16H18FN3.C2H6/c1-4-14-9-10-15(20-19-14)18-11-16(2,3)12-5-7-13(17)8-6-12;1-2/h4-10H,1,11H2,2-3H3,(H,18,20);1-2H3. The fourth-order valence-corrected chi connectivity index (χ4v) is 1.86. The summed E-state index contributed by atoms with van der Waals surface area (Å²) < 4.78 is 13.0. The van der Waals surface area contributed by atoms with Gasteiger partial charge >= 0.3 is 0 Å². The molecule has 0 saturated heterocycles. The summed E-state index contributed by atoms with van der Waals surface area (Å²) in [5.41, 5.74) is 1.68. The van der Waals surface area contributed by atoms with Crippen molar-refractivity contribution in [3.05, 3.63) is 60.1 Å². The quantitative estimate of drug-likeness (QED) is 0.871. The van der Waals surface area contributed by atoms with Crippen molar-refractivity contribution in [1.82, 2.24) is 10.2 Å². The largest absolute Gasteiger partial charge is 0.368 e. The maximum atomic E-state index is 13.0. The first-order chi connectivity index (χ1) is 10.5. The number of benzene rings is 1. The number of nitrogens with zero attached hydrogens (tertiary/aromatic N) is 2. The van der Waals surface area contributed by atoms with Crippen molar-refractivity contribution < 1.29 is 4.39 Å². The second-order valence-electron chi connectivity index (χ2n) is 5.29. The van der Waals surface area contributed by atoms with Crippen molar-refractivity contribution in [3.63, 3.8) is 0 Å². The molecule has 0 atom stereocenters. The van der Waals surface area contributed by atoms with Crippen LogP contribution >= 0.6 is 0 Å². The van der Waals surface area contributed by atoms with Crippen LogP contribution < -0.4 is 5.32 Å². The van der Waals surface area contributed by atoms with Crippen LogP contribution in [-0.4, -0.2) is 16.7 Å². The molecule has 0 aliphatic rings. The van der Waals surface area contributed by atoms with Gasteiger partial charge in [0.15, 0.2) is 0 Å². The van der Waals surface area contributed by atoms with E-state index in [-0.39, 0.29) is 11.2 Å². The lowest BCUT2D eigenvalue weighted by Crippen LogP contribution is -2.28. The van der Waals surface area contributed by atoms with Crippen molar-refractivity contribution in [2.75, 3.05) is 11.9 Å². The van der Waals surface area contributed by atoms with Crippen LogP contribution in [0.4, 0.5) is 10.2 Å². The Morgan fingerprint density at radius 1 is 1.09 bits per heavy atom. The Bertz CT molecular complexity index is 574. The Kier molecular flexibility index (Phi) is 6.70. The Balaban J connectivity index is 0.00000116. The number of hydrogen-bond acceptors (Lipinski definition) is 3. The summed E-state index contributed by atoms with van der Waals surface area (Å²) in [6, 6.07) is 10.3.